The van der Waals surface area contributed by atoms with E-state index in [9.17, 15) is 10.2 Å². The van der Waals surface area contributed by atoms with Crippen LogP contribution in [0, 0.1) is 11.8 Å². The fourth-order valence-corrected chi connectivity index (χ4v) is 3.32. The second kappa shape index (κ2) is 6.88. The third-order valence-electron chi connectivity index (χ3n) is 4.70. The quantitative estimate of drug-likeness (QED) is 0.878. The number of rotatable bonds is 5. The molecule has 2 atom stereocenters. The van der Waals surface area contributed by atoms with Gasteiger partial charge in [-0.25, -0.2) is 0 Å². The average molecular weight is 307 g/mol. The molecule has 0 unspecified atom stereocenters. The molecule has 0 aromatic heterocycles. The monoisotopic (exact) mass is 307 g/mol. The van der Waals surface area contributed by atoms with Crippen molar-refractivity contribution in [1.29, 1.82) is 0 Å². The maximum atomic E-state index is 10.6. The van der Waals surface area contributed by atoms with Crippen molar-refractivity contribution in [2.75, 3.05) is 20.2 Å². The predicted octanol–water partition coefficient (Wildman–Crippen LogP) is 3.02. The Bertz CT molecular complexity index is 499. The second-order valence-corrected chi connectivity index (χ2v) is 7.17. The molecule has 4 nitrogen and oxygen atoms in total. The summed E-state index contributed by atoms with van der Waals surface area (Å²) in [6, 6.07) is 5.56. The molecule has 2 N–H and O–H groups in total. The van der Waals surface area contributed by atoms with Gasteiger partial charge in [-0.05, 0) is 43.4 Å². The molecule has 0 amide bonds. The van der Waals surface area contributed by atoms with Gasteiger partial charge in [0.15, 0.2) is 11.5 Å². The average Bonchev–Trinajstić information content (AvgIpc) is 2.42. The standard InChI is InChI=1S/C18H29NO3/c1-13(2)9-15-12-19(8-7-18(15,3)21)11-14-5-6-17(22-4)16(20)10-14/h5-6,10,13,15,20-21H,7-9,11-12H2,1-4H3/t15-,18+/m1/s1. The molecule has 0 bridgehead atoms. The van der Waals surface area contributed by atoms with E-state index < -0.39 is 5.60 Å². The summed E-state index contributed by atoms with van der Waals surface area (Å²) < 4.78 is 5.08. The van der Waals surface area contributed by atoms with Crippen LogP contribution in [0.25, 0.3) is 0 Å². The van der Waals surface area contributed by atoms with Crippen molar-refractivity contribution in [3.05, 3.63) is 23.8 Å². The Morgan fingerprint density at radius 2 is 2.14 bits per heavy atom. The Morgan fingerprint density at radius 1 is 1.41 bits per heavy atom. The summed E-state index contributed by atoms with van der Waals surface area (Å²) in [5, 5.41) is 20.5. The largest absolute Gasteiger partial charge is 0.504 e. The van der Waals surface area contributed by atoms with E-state index in [4.69, 9.17) is 4.74 Å². The molecule has 4 heteroatoms. The maximum Gasteiger partial charge on any atom is 0.160 e. The smallest absolute Gasteiger partial charge is 0.160 e. The molecule has 1 fully saturated rings. The Labute approximate surface area is 133 Å². The molecule has 1 aromatic carbocycles. The zero-order valence-electron chi connectivity index (χ0n) is 14.2. The number of likely N-dealkylation sites (tertiary alicyclic amines) is 1. The molecule has 0 aliphatic carbocycles. The summed E-state index contributed by atoms with van der Waals surface area (Å²) >= 11 is 0. The minimum Gasteiger partial charge on any atom is -0.504 e. The van der Waals surface area contributed by atoms with Crippen LogP contribution in [-0.4, -0.2) is 40.9 Å². The zero-order chi connectivity index (χ0) is 16.3. The van der Waals surface area contributed by atoms with Gasteiger partial charge >= 0.3 is 0 Å². The van der Waals surface area contributed by atoms with Crippen LogP contribution >= 0.6 is 0 Å². The normalized spacial score (nSPS) is 26.4. The van der Waals surface area contributed by atoms with Crippen molar-refractivity contribution in [2.45, 2.75) is 45.8 Å². The highest BCUT2D eigenvalue weighted by atomic mass is 16.5. The number of benzene rings is 1. The number of hydrogen-bond acceptors (Lipinski definition) is 4. The first-order chi connectivity index (χ1) is 10.3. The van der Waals surface area contributed by atoms with Crippen molar-refractivity contribution in [3.8, 4) is 11.5 Å². The second-order valence-electron chi connectivity index (χ2n) is 7.17. The fraction of sp³-hybridized carbons (Fsp3) is 0.667. The Morgan fingerprint density at radius 3 is 2.73 bits per heavy atom. The van der Waals surface area contributed by atoms with Gasteiger partial charge in [-0.2, -0.15) is 0 Å². The first kappa shape index (κ1) is 17.1. The van der Waals surface area contributed by atoms with Gasteiger partial charge in [0, 0.05) is 25.6 Å². The molecule has 0 spiro atoms. The topological polar surface area (TPSA) is 52.9 Å². The van der Waals surface area contributed by atoms with Crippen LogP contribution in [0.2, 0.25) is 0 Å². The molecular formula is C18H29NO3. The summed E-state index contributed by atoms with van der Waals surface area (Å²) in [5.41, 5.74) is 0.506. The van der Waals surface area contributed by atoms with Gasteiger partial charge in [-0.15, -0.1) is 0 Å². The Hall–Kier alpha value is -1.26. The van der Waals surface area contributed by atoms with Crippen LogP contribution in [0.15, 0.2) is 18.2 Å². The van der Waals surface area contributed by atoms with E-state index in [0.717, 1.165) is 38.0 Å². The number of methoxy groups -OCH3 is 1. The van der Waals surface area contributed by atoms with E-state index in [0.29, 0.717) is 17.6 Å². The number of ether oxygens (including phenoxy) is 1. The molecule has 1 aliphatic rings. The lowest BCUT2D eigenvalue weighted by atomic mass is 9.78. The molecule has 1 heterocycles. The van der Waals surface area contributed by atoms with E-state index >= 15 is 0 Å². The number of aromatic hydroxyl groups is 1. The lowest BCUT2D eigenvalue weighted by Gasteiger charge is -2.43. The first-order valence-corrected chi connectivity index (χ1v) is 8.12. The van der Waals surface area contributed by atoms with E-state index in [2.05, 4.69) is 18.7 Å². The van der Waals surface area contributed by atoms with E-state index in [1.54, 1.807) is 19.2 Å². The molecular weight excluding hydrogens is 278 g/mol. The highest BCUT2D eigenvalue weighted by Crippen LogP contribution is 2.33. The van der Waals surface area contributed by atoms with Gasteiger partial charge in [0.2, 0.25) is 0 Å². The third kappa shape index (κ3) is 4.14. The van der Waals surface area contributed by atoms with Crippen LogP contribution in [0.3, 0.4) is 0 Å². The van der Waals surface area contributed by atoms with Crippen LogP contribution in [0.5, 0.6) is 11.5 Å². The van der Waals surface area contributed by atoms with E-state index in [-0.39, 0.29) is 5.75 Å². The summed E-state index contributed by atoms with van der Waals surface area (Å²) in [6.07, 6.45) is 1.84. The van der Waals surface area contributed by atoms with Crippen LogP contribution in [0.4, 0.5) is 0 Å². The number of aliphatic hydroxyl groups is 1. The minimum atomic E-state index is -0.567. The third-order valence-corrected chi connectivity index (χ3v) is 4.70. The first-order valence-electron chi connectivity index (χ1n) is 8.12. The van der Waals surface area contributed by atoms with Gasteiger partial charge in [0.25, 0.3) is 0 Å². The minimum absolute atomic E-state index is 0.183. The van der Waals surface area contributed by atoms with Gasteiger partial charge in [0.1, 0.15) is 0 Å². The number of piperidine rings is 1. The molecule has 124 valence electrons. The van der Waals surface area contributed by atoms with Gasteiger partial charge < -0.3 is 14.9 Å². The van der Waals surface area contributed by atoms with Crippen molar-refractivity contribution in [3.63, 3.8) is 0 Å². The number of phenols is 1. The highest BCUT2D eigenvalue weighted by Gasteiger charge is 2.37. The van der Waals surface area contributed by atoms with Gasteiger partial charge in [-0.3, -0.25) is 4.90 Å². The van der Waals surface area contributed by atoms with Crippen LogP contribution in [0.1, 0.15) is 39.2 Å². The lowest BCUT2D eigenvalue weighted by molar-refractivity contribution is -0.0664. The molecule has 1 aliphatic heterocycles. The summed E-state index contributed by atoms with van der Waals surface area (Å²) in [6.45, 7) is 8.96. The van der Waals surface area contributed by atoms with Crippen molar-refractivity contribution in [1.82, 2.24) is 4.90 Å². The maximum absolute atomic E-state index is 10.6. The van der Waals surface area contributed by atoms with Crippen molar-refractivity contribution < 1.29 is 14.9 Å². The summed E-state index contributed by atoms with van der Waals surface area (Å²) in [5.74, 6) is 1.57. The number of nitrogens with zero attached hydrogens (tertiary/aromatic N) is 1. The number of phenolic OH excluding ortho intramolecular Hbond substituents is 1. The van der Waals surface area contributed by atoms with Crippen molar-refractivity contribution >= 4 is 0 Å². The van der Waals surface area contributed by atoms with E-state index in [1.165, 1.54) is 0 Å². The Balaban J connectivity index is 2.03. The van der Waals surface area contributed by atoms with Gasteiger partial charge in [-0.1, -0.05) is 19.9 Å². The fourth-order valence-electron chi connectivity index (χ4n) is 3.32. The molecule has 0 saturated carbocycles. The lowest BCUT2D eigenvalue weighted by Crippen LogP contribution is -2.50. The SMILES string of the molecule is COc1ccc(CN2CC[C@](C)(O)[C@H](CC(C)C)C2)cc1O. The van der Waals surface area contributed by atoms with Crippen LogP contribution < -0.4 is 4.74 Å². The molecule has 2 rings (SSSR count). The summed E-state index contributed by atoms with van der Waals surface area (Å²) in [7, 11) is 1.55. The van der Waals surface area contributed by atoms with E-state index in [1.807, 2.05) is 13.0 Å². The van der Waals surface area contributed by atoms with Gasteiger partial charge in [0.05, 0.1) is 12.7 Å². The van der Waals surface area contributed by atoms with Crippen molar-refractivity contribution in [2.24, 2.45) is 11.8 Å². The van der Waals surface area contributed by atoms with Crippen LogP contribution in [-0.2, 0) is 6.54 Å². The number of hydrogen-bond donors (Lipinski definition) is 2. The molecule has 1 saturated heterocycles. The zero-order valence-corrected chi connectivity index (χ0v) is 14.2. The highest BCUT2D eigenvalue weighted by molar-refractivity contribution is 5.41. The predicted molar refractivity (Wildman–Crippen MR) is 88.1 cm³/mol. The Kier molecular flexibility index (Phi) is 5.35. The molecule has 0 radical (unpaired) electrons. The molecule has 1 aromatic rings. The molecule has 22 heavy (non-hydrogen) atoms. The summed E-state index contributed by atoms with van der Waals surface area (Å²) in [4.78, 5) is 2.37.